The number of unbranched alkanes of at least 4 members (excludes halogenated alkanes) is 4. The summed E-state index contributed by atoms with van der Waals surface area (Å²) >= 11 is 0. The third-order valence-corrected chi connectivity index (χ3v) is 3.87. The summed E-state index contributed by atoms with van der Waals surface area (Å²) in [6.45, 7) is 6.07. The molecule has 4 atom stereocenters. The normalized spacial score (nSPS) is 27.3. The molecule has 2 fully saturated rings. The van der Waals surface area contributed by atoms with Gasteiger partial charge in [-0.2, -0.15) is 0 Å². The third-order valence-electron chi connectivity index (χ3n) is 3.87. The molecule has 120 valence electrons. The minimum atomic E-state index is 0.0758. The van der Waals surface area contributed by atoms with Gasteiger partial charge < -0.3 is 14.2 Å². The van der Waals surface area contributed by atoms with Gasteiger partial charge in [0.15, 0.2) is 0 Å². The highest BCUT2D eigenvalue weighted by Gasteiger charge is 2.38. The van der Waals surface area contributed by atoms with Crippen molar-refractivity contribution in [1.29, 1.82) is 0 Å². The Morgan fingerprint density at radius 1 is 0.905 bits per heavy atom. The van der Waals surface area contributed by atoms with Crippen LogP contribution in [-0.4, -0.2) is 37.6 Å². The number of epoxide rings is 2. The summed E-state index contributed by atoms with van der Waals surface area (Å²) in [5, 5.41) is 0. The third kappa shape index (κ3) is 6.77. The van der Waals surface area contributed by atoms with Crippen molar-refractivity contribution < 1.29 is 14.2 Å². The predicted molar refractivity (Wildman–Crippen MR) is 85.5 cm³/mol. The van der Waals surface area contributed by atoms with E-state index in [1.54, 1.807) is 0 Å². The van der Waals surface area contributed by atoms with Crippen molar-refractivity contribution in [2.24, 2.45) is 0 Å². The number of hydrogen-bond acceptors (Lipinski definition) is 3. The maximum Gasteiger partial charge on any atom is 0.111 e. The largest absolute Gasteiger partial charge is 0.370 e. The molecule has 3 nitrogen and oxygen atoms in total. The van der Waals surface area contributed by atoms with Crippen LogP contribution in [0.25, 0.3) is 0 Å². The number of allylic oxidation sites excluding steroid dienone is 2. The molecule has 2 saturated heterocycles. The predicted octanol–water partition coefficient (Wildman–Crippen LogP) is 4.03. The molecule has 2 aliphatic rings. The first kappa shape index (κ1) is 16.7. The smallest absolute Gasteiger partial charge is 0.111 e. The lowest BCUT2D eigenvalue weighted by Crippen LogP contribution is -2.27. The minimum Gasteiger partial charge on any atom is -0.370 e. The Kier molecular flexibility index (Phi) is 7.48. The summed E-state index contributed by atoms with van der Waals surface area (Å²) in [7, 11) is 0. The van der Waals surface area contributed by atoms with Crippen molar-refractivity contribution in [3.8, 4) is 0 Å². The molecular weight excluding hydrogens is 264 g/mol. The van der Waals surface area contributed by atoms with Gasteiger partial charge in [0.05, 0.1) is 13.2 Å². The summed E-state index contributed by atoms with van der Waals surface area (Å²) in [5.41, 5.74) is 0. The van der Waals surface area contributed by atoms with E-state index in [1.807, 2.05) is 0 Å². The van der Waals surface area contributed by atoms with Crippen molar-refractivity contribution in [3.05, 3.63) is 24.3 Å². The summed E-state index contributed by atoms with van der Waals surface area (Å²) in [4.78, 5) is 0. The quantitative estimate of drug-likeness (QED) is 0.309. The highest BCUT2D eigenvalue weighted by Crippen LogP contribution is 2.25. The molecule has 0 amide bonds. The minimum absolute atomic E-state index is 0.0758. The van der Waals surface area contributed by atoms with Gasteiger partial charge in [-0.15, -0.1) is 0 Å². The molecule has 0 bridgehead atoms. The van der Waals surface area contributed by atoms with E-state index in [-0.39, 0.29) is 24.4 Å². The molecule has 4 unspecified atom stereocenters. The van der Waals surface area contributed by atoms with Gasteiger partial charge in [0, 0.05) is 0 Å². The second-order valence-corrected chi connectivity index (χ2v) is 5.95. The SMILES string of the molecule is CCCC/C=C/C(OC(/C=C/CCCC)C1CO1)C1CO1. The van der Waals surface area contributed by atoms with Crippen molar-refractivity contribution in [2.45, 2.75) is 76.8 Å². The lowest BCUT2D eigenvalue weighted by Gasteiger charge is -2.18. The van der Waals surface area contributed by atoms with Crippen LogP contribution in [0, 0.1) is 0 Å². The Morgan fingerprint density at radius 3 is 1.67 bits per heavy atom. The van der Waals surface area contributed by atoms with E-state index in [2.05, 4.69) is 38.2 Å². The Balaban J connectivity index is 1.80. The molecule has 0 aliphatic carbocycles. The summed E-state index contributed by atoms with van der Waals surface area (Å²) in [6, 6.07) is 0. The second-order valence-electron chi connectivity index (χ2n) is 5.95. The van der Waals surface area contributed by atoms with Crippen LogP contribution in [0.3, 0.4) is 0 Å². The fourth-order valence-electron chi connectivity index (χ4n) is 2.29. The van der Waals surface area contributed by atoms with Crippen LogP contribution < -0.4 is 0 Å². The zero-order chi connectivity index (χ0) is 14.9. The van der Waals surface area contributed by atoms with Crippen LogP contribution >= 0.6 is 0 Å². The van der Waals surface area contributed by atoms with Gasteiger partial charge in [0.25, 0.3) is 0 Å². The topological polar surface area (TPSA) is 34.3 Å². The van der Waals surface area contributed by atoms with Gasteiger partial charge in [-0.05, 0) is 12.8 Å². The van der Waals surface area contributed by atoms with Crippen LogP contribution in [0.4, 0.5) is 0 Å². The lowest BCUT2D eigenvalue weighted by molar-refractivity contribution is 0.0113. The van der Waals surface area contributed by atoms with E-state index in [0.717, 1.165) is 26.1 Å². The van der Waals surface area contributed by atoms with Crippen molar-refractivity contribution in [1.82, 2.24) is 0 Å². The molecule has 0 spiro atoms. The number of ether oxygens (including phenoxy) is 3. The van der Waals surface area contributed by atoms with E-state index in [9.17, 15) is 0 Å². The summed E-state index contributed by atoms with van der Waals surface area (Å²) < 4.78 is 17.1. The molecule has 0 N–H and O–H groups in total. The molecule has 0 aromatic heterocycles. The molecule has 2 rings (SSSR count). The van der Waals surface area contributed by atoms with E-state index < -0.39 is 0 Å². The van der Waals surface area contributed by atoms with Crippen molar-refractivity contribution in [2.75, 3.05) is 13.2 Å². The first-order valence-electron chi connectivity index (χ1n) is 8.57. The van der Waals surface area contributed by atoms with Crippen LogP contribution in [0.5, 0.6) is 0 Å². The van der Waals surface area contributed by atoms with Crippen molar-refractivity contribution >= 4 is 0 Å². The molecule has 2 aliphatic heterocycles. The molecule has 0 aromatic rings. The maximum atomic E-state index is 6.24. The number of rotatable bonds is 12. The van der Waals surface area contributed by atoms with Gasteiger partial charge in [-0.3, -0.25) is 0 Å². The van der Waals surface area contributed by atoms with E-state index in [0.29, 0.717) is 0 Å². The van der Waals surface area contributed by atoms with Crippen molar-refractivity contribution in [3.63, 3.8) is 0 Å². The standard InChI is InChI=1S/C18H30O3/c1-3-5-7-9-11-15(17-13-19-17)21-16(18-14-20-18)12-10-8-6-4-2/h9-12,15-18H,3-8,13-14H2,1-2H3/b11-9+,12-10+. The lowest BCUT2D eigenvalue weighted by atomic mass is 10.1. The first-order valence-corrected chi connectivity index (χ1v) is 8.57. The fourth-order valence-corrected chi connectivity index (χ4v) is 2.29. The Morgan fingerprint density at radius 2 is 1.33 bits per heavy atom. The number of hydrogen-bond donors (Lipinski definition) is 0. The Labute approximate surface area is 129 Å². The zero-order valence-corrected chi connectivity index (χ0v) is 13.5. The van der Waals surface area contributed by atoms with Gasteiger partial charge in [-0.1, -0.05) is 63.8 Å². The molecular formula is C18H30O3. The molecule has 0 aromatic carbocycles. The van der Waals surface area contributed by atoms with Crippen LogP contribution in [-0.2, 0) is 14.2 Å². The molecule has 0 saturated carbocycles. The maximum absolute atomic E-state index is 6.24. The monoisotopic (exact) mass is 294 g/mol. The van der Waals surface area contributed by atoms with Gasteiger partial charge in [0.1, 0.15) is 24.4 Å². The average molecular weight is 294 g/mol. The summed E-state index contributed by atoms with van der Waals surface area (Å²) in [6.07, 6.45) is 16.7. The first-order chi connectivity index (χ1) is 10.3. The van der Waals surface area contributed by atoms with Crippen LogP contribution in [0.2, 0.25) is 0 Å². The summed E-state index contributed by atoms with van der Waals surface area (Å²) in [5.74, 6) is 0. The molecule has 2 heterocycles. The highest BCUT2D eigenvalue weighted by atomic mass is 16.6. The van der Waals surface area contributed by atoms with E-state index in [4.69, 9.17) is 14.2 Å². The molecule has 0 radical (unpaired) electrons. The zero-order valence-electron chi connectivity index (χ0n) is 13.5. The Bertz CT molecular complexity index is 297. The molecule has 21 heavy (non-hydrogen) atoms. The van der Waals surface area contributed by atoms with E-state index >= 15 is 0 Å². The van der Waals surface area contributed by atoms with Gasteiger partial charge in [0.2, 0.25) is 0 Å². The van der Waals surface area contributed by atoms with Crippen LogP contribution in [0.1, 0.15) is 52.4 Å². The van der Waals surface area contributed by atoms with E-state index in [1.165, 1.54) is 25.7 Å². The fraction of sp³-hybridized carbons (Fsp3) is 0.778. The molecule has 3 heteroatoms. The highest BCUT2D eigenvalue weighted by molar-refractivity contribution is 5.03. The average Bonchev–Trinajstić information content (AvgIpc) is 3.37. The van der Waals surface area contributed by atoms with Crippen LogP contribution in [0.15, 0.2) is 24.3 Å². The van der Waals surface area contributed by atoms with Gasteiger partial charge in [-0.25, -0.2) is 0 Å². The second kappa shape index (κ2) is 9.39. The van der Waals surface area contributed by atoms with Gasteiger partial charge >= 0.3 is 0 Å². The Hall–Kier alpha value is -0.640.